The van der Waals surface area contributed by atoms with Gasteiger partial charge < -0.3 is 11.1 Å². The van der Waals surface area contributed by atoms with Gasteiger partial charge in [-0.3, -0.25) is 0 Å². The highest BCUT2D eigenvalue weighted by Crippen LogP contribution is 2.27. The number of aryl methyl sites for hydroxylation is 1. The molecule has 20 heavy (non-hydrogen) atoms. The molecule has 2 rings (SSSR count). The SMILES string of the molecule is CCc1nc(N)c(C)c(NC(C)c2ccccc2Cl)n1. The Morgan fingerprint density at radius 2 is 2.00 bits per heavy atom. The van der Waals surface area contributed by atoms with Gasteiger partial charge in [0.05, 0.1) is 6.04 Å². The Bertz CT molecular complexity index is 613. The van der Waals surface area contributed by atoms with Gasteiger partial charge in [-0.25, -0.2) is 9.97 Å². The number of hydrogen-bond acceptors (Lipinski definition) is 4. The molecule has 3 N–H and O–H groups in total. The number of nitrogens with two attached hydrogens (primary N) is 1. The van der Waals surface area contributed by atoms with Crippen molar-refractivity contribution in [3.8, 4) is 0 Å². The minimum atomic E-state index is 0.0430. The monoisotopic (exact) mass is 290 g/mol. The van der Waals surface area contributed by atoms with E-state index in [0.29, 0.717) is 5.82 Å². The molecule has 1 atom stereocenters. The van der Waals surface area contributed by atoms with E-state index in [0.717, 1.165) is 34.2 Å². The van der Waals surface area contributed by atoms with Gasteiger partial charge in [-0.15, -0.1) is 0 Å². The first-order chi connectivity index (χ1) is 9.52. The van der Waals surface area contributed by atoms with Crippen LogP contribution in [0.3, 0.4) is 0 Å². The molecule has 0 saturated heterocycles. The van der Waals surface area contributed by atoms with Crippen LogP contribution in [0.1, 0.15) is 36.8 Å². The molecule has 1 aromatic heterocycles. The molecule has 0 aliphatic heterocycles. The molecule has 1 unspecified atom stereocenters. The molecule has 106 valence electrons. The number of benzene rings is 1. The van der Waals surface area contributed by atoms with Crippen LogP contribution >= 0.6 is 11.6 Å². The smallest absolute Gasteiger partial charge is 0.135 e. The average molecular weight is 291 g/mol. The molecule has 1 aromatic carbocycles. The predicted octanol–water partition coefficient (Wildman–Crippen LogP) is 3.76. The second-order valence-electron chi connectivity index (χ2n) is 4.74. The number of hydrogen-bond donors (Lipinski definition) is 2. The summed E-state index contributed by atoms with van der Waals surface area (Å²) < 4.78 is 0. The van der Waals surface area contributed by atoms with E-state index in [4.69, 9.17) is 17.3 Å². The van der Waals surface area contributed by atoms with E-state index in [1.165, 1.54) is 0 Å². The van der Waals surface area contributed by atoms with Gasteiger partial charge in [0, 0.05) is 17.0 Å². The number of nitrogens with one attached hydrogen (secondary N) is 1. The Morgan fingerprint density at radius 3 is 2.65 bits per heavy atom. The van der Waals surface area contributed by atoms with Crippen LogP contribution in [0.2, 0.25) is 5.02 Å². The Morgan fingerprint density at radius 1 is 1.30 bits per heavy atom. The molecule has 0 saturated carbocycles. The predicted molar refractivity (Wildman–Crippen MR) is 84.0 cm³/mol. The van der Waals surface area contributed by atoms with Crippen LogP contribution in [-0.4, -0.2) is 9.97 Å². The van der Waals surface area contributed by atoms with Crippen molar-refractivity contribution in [3.05, 3.63) is 46.2 Å². The number of aromatic nitrogens is 2. The van der Waals surface area contributed by atoms with Crippen molar-refractivity contribution < 1.29 is 0 Å². The number of halogens is 1. The van der Waals surface area contributed by atoms with Gasteiger partial charge in [0.15, 0.2) is 0 Å². The highest BCUT2D eigenvalue weighted by Gasteiger charge is 2.13. The van der Waals surface area contributed by atoms with Crippen LogP contribution in [0.25, 0.3) is 0 Å². The summed E-state index contributed by atoms with van der Waals surface area (Å²) in [7, 11) is 0. The van der Waals surface area contributed by atoms with Crippen molar-refractivity contribution in [1.82, 2.24) is 9.97 Å². The Kier molecular flexibility index (Phi) is 4.45. The van der Waals surface area contributed by atoms with Crippen molar-refractivity contribution in [2.45, 2.75) is 33.2 Å². The first-order valence-electron chi connectivity index (χ1n) is 6.66. The average Bonchev–Trinajstić information content (AvgIpc) is 2.43. The Balaban J connectivity index is 2.30. The third-order valence-electron chi connectivity index (χ3n) is 3.27. The Hall–Kier alpha value is -1.81. The first kappa shape index (κ1) is 14.6. The lowest BCUT2D eigenvalue weighted by Crippen LogP contribution is -2.13. The molecule has 0 fully saturated rings. The third kappa shape index (κ3) is 3.02. The second-order valence-corrected chi connectivity index (χ2v) is 5.15. The van der Waals surface area contributed by atoms with Crippen molar-refractivity contribution in [3.63, 3.8) is 0 Å². The maximum atomic E-state index is 6.22. The van der Waals surface area contributed by atoms with E-state index in [1.807, 2.05) is 45.0 Å². The summed E-state index contributed by atoms with van der Waals surface area (Å²) in [6.07, 6.45) is 0.750. The topological polar surface area (TPSA) is 63.8 Å². The molecule has 0 spiro atoms. The van der Waals surface area contributed by atoms with Gasteiger partial charge in [-0.2, -0.15) is 0 Å². The fraction of sp³-hybridized carbons (Fsp3) is 0.333. The van der Waals surface area contributed by atoms with Crippen molar-refractivity contribution in [1.29, 1.82) is 0 Å². The van der Waals surface area contributed by atoms with Gasteiger partial charge in [0.1, 0.15) is 17.5 Å². The van der Waals surface area contributed by atoms with Gasteiger partial charge >= 0.3 is 0 Å². The van der Waals surface area contributed by atoms with E-state index < -0.39 is 0 Å². The van der Waals surface area contributed by atoms with Crippen LogP contribution in [0.5, 0.6) is 0 Å². The summed E-state index contributed by atoms with van der Waals surface area (Å²) in [5, 5.41) is 4.11. The lowest BCUT2D eigenvalue weighted by molar-refractivity contribution is 0.853. The van der Waals surface area contributed by atoms with Crippen LogP contribution in [-0.2, 0) is 6.42 Å². The van der Waals surface area contributed by atoms with Crippen LogP contribution in [0.4, 0.5) is 11.6 Å². The van der Waals surface area contributed by atoms with Gasteiger partial charge in [0.2, 0.25) is 0 Å². The maximum Gasteiger partial charge on any atom is 0.135 e. The van der Waals surface area contributed by atoms with Gasteiger partial charge in [-0.1, -0.05) is 36.7 Å². The zero-order chi connectivity index (χ0) is 14.7. The molecule has 5 heteroatoms. The minimum Gasteiger partial charge on any atom is -0.383 e. The maximum absolute atomic E-state index is 6.22. The molecule has 0 aliphatic carbocycles. The first-order valence-corrected chi connectivity index (χ1v) is 7.04. The molecule has 4 nitrogen and oxygen atoms in total. The zero-order valence-electron chi connectivity index (χ0n) is 11.9. The molecule has 0 bridgehead atoms. The zero-order valence-corrected chi connectivity index (χ0v) is 12.7. The number of anilines is 2. The van der Waals surface area contributed by atoms with E-state index in [-0.39, 0.29) is 6.04 Å². The summed E-state index contributed by atoms with van der Waals surface area (Å²) in [5.74, 6) is 2.02. The third-order valence-corrected chi connectivity index (χ3v) is 3.62. The molecular weight excluding hydrogens is 272 g/mol. The normalized spacial score (nSPS) is 12.2. The lowest BCUT2D eigenvalue weighted by Gasteiger charge is -2.18. The molecule has 0 amide bonds. The van der Waals surface area contributed by atoms with E-state index in [2.05, 4.69) is 15.3 Å². The lowest BCUT2D eigenvalue weighted by atomic mass is 10.1. The second kappa shape index (κ2) is 6.09. The highest BCUT2D eigenvalue weighted by molar-refractivity contribution is 6.31. The van der Waals surface area contributed by atoms with E-state index in [9.17, 15) is 0 Å². The van der Waals surface area contributed by atoms with Crippen molar-refractivity contribution >= 4 is 23.2 Å². The van der Waals surface area contributed by atoms with Crippen molar-refractivity contribution in [2.75, 3.05) is 11.1 Å². The van der Waals surface area contributed by atoms with E-state index >= 15 is 0 Å². The summed E-state index contributed by atoms with van der Waals surface area (Å²) in [6.45, 7) is 5.96. The van der Waals surface area contributed by atoms with Gasteiger partial charge in [-0.05, 0) is 25.5 Å². The standard InChI is InChI=1S/C15H19ClN4/c1-4-13-19-14(17)9(2)15(20-13)18-10(3)11-7-5-6-8-12(11)16/h5-8,10H,4H2,1-3H3,(H3,17,18,19,20). The van der Waals surface area contributed by atoms with Crippen molar-refractivity contribution in [2.24, 2.45) is 0 Å². The molecule has 1 heterocycles. The fourth-order valence-electron chi connectivity index (χ4n) is 1.99. The summed E-state index contributed by atoms with van der Waals surface area (Å²) in [5.41, 5.74) is 7.82. The summed E-state index contributed by atoms with van der Waals surface area (Å²) in [4.78, 5) is 8.75. The largest absolute Gasteiger partial charge is 0.383 e. The molecule has 0 radical (unpaired) electrons. The highest BCUT2D eigenvalue weighted by atomic mass is 35.5. The summed E-state index contributed by atoms with van der Waals surface area (Å²) in [6, 6.07) is 7.81. The van der Waals surface area contributed by atoms with Crippen LogP contribution in [0.15, 0.2) is 24.3 Å². The summed E-state index contributed by atoms with van der Waals surface area (Å²) >= 11 is 6.22. The van der Waals surface area contributed by atoms with Crippen LogP contribution < -0.4 is 11.1 Å². The van der Waals surface area contributed by atoms with Gasteiger partial charge in [0.25, 0.3) is 0 Å². The molecule has 2 aromatic rings. The molecular formula is C15H19ClN4. The minimum absolute atomic E-state index is 0.0430. The van der Waals surface area contributed by atoms with E-state index in [1.54, 1.807) is 0 Å². The van der Waals surface area contributed by atoms with Crippen LogP contribution in [0, 0.1) is 6.92 Å². The number of nitrogens with zero attached hydrogens (tertiary/aromatic N) is 2. The quantitative estimate of drug-likeness (QED) is 0.900. The Labute approximate surface area is 124 Å². The number of rotatable bonds is 4. The molecule has 0 aliphatic rings. The fourth-order valence-corrected chi connectivity index (χ4v) is 2.29. The number of nitrogen functional groups attached to an aromatic ring is 1.